The Bertz CT molecular complexity index is 642. The van der Waals surface area contributed by atoms with E-state index < -0.39 is 0 Å². The molecule has 1 aromatic rings. The van der Waals surface area contributed by atoms with E-state index in [0.29, 0.717) is 5.92 Å². The van der Waals surface area contributed by atoms with Gasteiger partial charge in [-0.05, 0) is 31.4 Å². The molecule has 1 atom stereocenters. The number of benzene rings is 1. The Morgan fingerprint density at radius 1 is 1.07 bits per heavy atom. The largest absolute Gasteiger partial charge is 0.356 e. The zero-order chi connectivity index (χ0) is 19.8. The van der Waals surface area contributed by atoms with Gasteiger partial charge < -0.3 is 20.0 Å². The summed E-state index contributed by atoms with van der Waals surface area (Å²) in [4.78, 5) is 12.0. The number of piperazine rings is 1. The number of nitrogens with one attached hydrogen (secondary N) is 1. The quantitative estimate of drug-likeness (QED) is 0.374. The highest BCUT2D eigenvalue weighted by Crippen LogP contribution is 2.19. The Balaban J connectivity index is 0.00000300. The van der Waals surface area contributed by atoms with E-state index >= 15 is 0 Å². The van der Waals surface area contributed by atoms with Gasteiger partial charge in [0.05, 0.1) is 0 Å². The van der Waals surface area contributed by atoms with Gasteiger partial charge in [-0.25, -0.2) is 0 Å². The molecule has 5 nitrogen and oxygen atoms in total. The summed E-state index contributed by atoms with van der Waals surface area (Å²) in [6.07, 6.45) is 4.59. The lowest BCUT2D eigenvalue weighted by atomic mass is 10.0. The Morgan fingerprint density at radius 3 is 2.34 bits per heavy atom. The van der Waals surface area contributed by atoms with Gasteiger partial charge in [-0.1, -0.05) is 48.9 Å². The number of nitrogens with zero attached hydrogens (tertiary/aromatic N) is 4. The number of likely N-dealkylation sites (N-methyl/N-ethyl adjacent to an activating group) is 1. The molecule has 0 saturated carbocycles. The molecule has 29 heavy (non-hydrogen) atoms. The SMILES string of the molecule is CN=C(NCC(C)CN1CCN(C)CC1)N1CCC(=Cc2ccccc2)CC1.I. The summed E-state index contributed by atoms with van der Waals surface area (Å²) in [5.41, 5.74) is 2.85. The molecule has 2 aliphatic rings. The molecule has 3 rings (SSSR count). The van der Waals surface area contributed by atoms with E-state index in [1.807, 2.05) is 7.05 Å². The van der Waals surface area contributed by atoms with Crippen LogP contribution in [0.25, 0.3) is 6.08 Å². The van der Waals surface area contributed by atoms with Crippen molar-refractivity contribution in [3.63, 3.8) is 0 Å². The minimum atomic E-state index is 0. The highest BCUT2D eigenvalue weighted by atomic mass is 127. The van der Waals surface area contributed by atoms with Gasteiger partial charge in [0.2, 0.25) is 0 Å². The fraction of sp³-hybridized carbons (Fsp3) is 0.609. The number of piperidine rings is 1. The first-order chi connectivity index (χ1) is 13.6. The van der Waals surface area contributed by atoms with Crippen LogP contribution in [-0.4, -0.2) is 87.1 Å². The maximum Gasteiger partial charge on any atom is 0.193 e. The second kappa shape index (κ2) is 12.5. The van der Waals surface area contributed by atoms with Crippen LogP contribution in [0.15, 0.2) is 40.9 Å². The summed E-state index contributed by atoms with van der Waals surface area (Å²) in [6.45, 7) is 11.4. The van der Waals surface area contributed by atoms with Crippen LogP contribution in [-0.2, 0) is 0 Å². The number of rotatable bonds is 5. The van der Waals surface area contributed by atoms with Gasteiger partial charge in [0, 0.05) is 59.4 Å². The summed E-state index contributed by atoms with van der Waals surface area (Å²) >= 11 is 0. The van der Waals surface area contributed by atoms with Gasteiger partial charge in [0.15, 0.2) is 5.96 Å². The molecule has 2 saturated heterocycles. The first kappa shape index (κ1) is 24.2. The fourth-order valence-corrected chi connectivity index (χ4v) is 4.07. The minimum absolute atomic E-state index is 0. The molecule has 1 N–H and O–H groups in total. The lowest BCUT2D eigenvalue weighted by Gasteiger charge is -2.35. The van der Waals surface area contributed by atoms with Gasteiger partial charge in [-0.2, -0.15) is 0 Å². The third-order valence-corrected chi connectivity index (χ3v) is 5.86. The van der Waals surface area contributed by atoms with Crippen molar-refractivity contribution in [1.29, 1.82) is 0 Å². The van der Waals surface area contributed by atoms with E-state index in [9.17, 15) is 0 Å². The van der Waals surface area contributed by atoms with Gasteiger partial charge in [0.1, 0.15) is 0 Å². The Morgan fingerprint density at radius 2 is 1.72 bits per heavy atom. The predicted molar refractivity (Wildman–Crippen MR) is 135 cm³/mol. The number of halogens is 1. The van der Waals surface area contributed by atoms with Crippen LogP contribution in [0, 0.1) is 5.92 Å². The van der Waals surface area contributed by atoms with Crippen molar-refractivity contribution in [3.8, 4) is 0 Å². The third kappa shape index (κ3) is 7.90. The average Bonchev–Trinajstić information content (AvgIpc) is 2.72. The molecule has 0 amide bonds. The molecule has 0 radical (unpaired) electrons. The molecule has 0 spiro atoms. The van der Waals surface area contributed by atoms with E-state index in [2.05, 4.69) is 75.4 Å². The van der Waals surface area contributed by atoms with Crippen molar-refractivity contribution in [2.45, 2.75) is 19.8 Å². The van der Waals surface area contributed by atoms with Crippen molar-refractivity contribution < 1.29 is 0 Å². The topological polar surface area (TPSA) is 34.1 Å². The van der Waals surface area contributed by atoms with Crippen LogP contribution in [0.5, 0.6) is 0 Å². The van der Waals surface area contributed by atoms with Gasteiger partial charge in [-0.3, -0.25) is 4.99 Å². The standard InChI is InChI=1S/C23H37N5.HI/c1-20(19-27-15-13-26(3)14-16-27)18-25-23(24-2)28-11-9-22(10-12-28)17-21-7-5-4-6-8-21;/h4-8,17,20H,9-16,18-19H2,1-3H3,(H,24,25);1H. The Labute approximate surface area is 194 Å². The average molecular weight is 511 g/mol. The summed E-state index contributed by atoms with van der Waals surface area (Å²) in [7, 11) is 4.12. The maximum atomic E-state index is 4.54. The first-order valence-corrected chi connectivity index (χ1v) is 10.7. The summed E-state index contributed by atoms with van der Waals surface area (Å²) < 4.78 is 0. The first-order valence-electron chi connectivity index (χ1n) is 10.7. The van der Waals surface area contributed by atoms with Crippen LogP contribution in [0.1, 0.15) is 25.3 Å². The molecular weight excluding hydrogens is 473 g/mol. The number of aliphatic imine (C=N–C) groups is 1. The number of guanidine groups is 1. The van der Waals surface area contributed by atoms with Crippen LogP contribution in [0.2, 0.25) is 0 Å². The van der Waals surface area contributed by atoms with E-state index in [-0.39, 0.29) is 24.0 Å². The van der Waals surface area contributed by atoms with Gasteiger partial charge in [0.25, 0.3) is 0 Å². The molecular formula is C23H38IN5. The van der Waals surface area contributed by atoms with Crippen LogP contribution < -0.4 is 5.32 Å². The van der Waals surface area contributed by atoms with E-state index in [4.69, 9.17) is 0 Å². The Kier molecular flexibility index (Phi) is 10.4. The van der Waals surface area contributed by atoms with E-state index in [1.54, 1.807) is 5.57 Å². The smallest absolute Gasteiger partial charge is 0.193 e. The molecule has 6 heteroatoms. The zero-order valence-electron chi connectivity index (χ0n) is 18.3. The van der Waals surface area contributed by atoms with Gasteiger partial charge >= 0.3 is 0 Å². The molecule has 1 aromatic carbocycles. The summed E-state index contributed by atoms with van der Waals surface area (Å²) in [5, 5.41) is 3.62. The van der Waals surface area contributed by atoms with Crippen molar-refractivity contribution >= 4 is 36.0 Å². The normalized spacial score (nSPS) is 20.2. The van der Waals surface area contributed by atoms with Crippen molar-refractivity contribution in [1.82, 2.24) is 20.0 Å². The lowest BCUT2D eigenvalue weighted by Crippen LogP contribution is -2.48. The van der Waals surface area contributed by atoms with Crippen molar-refractivity contribution in [3.05, 3.63) is 41.5 Å². The monoisotopic (exact) mass is 511 g/mol. The van der Waals surface area contributed by atoms with Crippen LogP contribution in [0.3, 0.4) is 0 Å². The predicted octanol–water partition coefficient (Wildman–Crippen LogP) is 3.24. The molecule has 2 heterocycles. The molecule has 0 aromatic heterocycles. The fourth-order valence-electron chi connectivity index (χ4n) is 4.07. The minimum Gasteiger partial charge on any atom is -0.356 e. The third-order valence-electron chi connectivity index (χ3n) is 5.86. The van der Waals surface area contributed by atoms with Crippen molar-refractivity contribution in [2.75, 3.05) is 66.5 Å². The molecule has 0 bridgehead atoms. The number of hydrogen-bond donors (Lipinski definition) is 1. The summed E-state index contributed by atoms with van der Waals surface area (Å²) in [5.74, 6) is 1.68. The highest BCUT2D eigenvalue weighted by Gasteiger charge is 2.19. The van der Waals surface area contributed by atoms with E-state index in [0.717, 1.165) is 38.4 Å². The maximum absolute atomic E-state index is 4.54. The number of hydrogen-bond acceptors (Lipinski definition) is 3. The van der Waals surface area contributed by atoms with Crippen LogP contribution >= 0.6 is 24.0 Å². The lowest BCUT2D eigenvalue weighted by molar-refractivity contribution is 0.139. The Hall–Kier alpha value is -1.12. The number of likely N-dealkylation sites (tertiary alicyclic amines) is 1. The van der Waals surface area contributed by atoms with E-state index in [1.165, 1.54) is 38.3 Å². The molecule has 1 unspecified atom stereocenters. The highest BCUT2D eigenvalue weighted by molar-refractivity contribution is 14.0. The molecule has 2 fully saturated rings. The van der Waals surface area contributed by atoms with Crippen LogP contribution in [0.4, 0.5) is 0 Å². The van der Waals surface area contributed by atoms with Gasteiger partial charge in [-0.15, -0.1) is 24.0 Å². The second-order valence-corrected chi connectivity index (χ2v) is 8.34. The zero-order valence-corrected chi connectivity index (χ0v) is 20.6. The van der Waals surface area contributed by atoms with Crippen molar-refractivity contribution in [2.24, 2.45) is 10.9 Å². The molecule has 162 valence electrons. The molecule has 2 aliphatic heterocycles. The molecule has 0 aliphatic carbocycles. The summed E-state index contributed by atoms with van der Waals surface area (Å²) in [6, 6.07) is 10.7. The second-order valence-electron chi connectivity index (χ2n) is 8.34.